The predicted molar refractivity (Wildman–Crippen MR) is 113 cm³/mol. The second-order valence-corrected chi connectivity index (χ2v) is 7.45. The molecule has 0 fully saturated rings. The molecule has 0 aromatic heterocycles. The van der Waals surface area contributed by atoms with Crippen molar-refractivity contribution in [3.05, 3.63) is 58.8 Å². The van der Waals surface area contributed by atoms with Crippen LogP contribution >= 0.6 is 11.6 Å². The van der Waals surface area contributed by atoms with Crippen molar-refractivity contribution in [1.82, 2.24) is 20.4 Å². The number of benzene rings is 1. The molecule has 0 aliphatic carbocycles. The fourth-order valence-corrected chi connectivity index (χ4v) is 3.70. The van der Waals surface area contributed by atoms with Gasteiger partial charge in [-0.25, -0.2) is 4.79 Å². The second-order valence-electron chi connectivity index (χ2n) is 7.01. The van der Waals surface area contributed by atoms with Crippen LogP contribution in [0.5, 0.6) is 0 Å². The Morgan fingerprint density at radius 3 is 2.77 bits per heavy atom. The molecule has 1 atom stereocenters. The lowest BCUT2D eigenvalue weighted by Gasteiger charge is -2.33. The van der Waals surface area contributed by atoms with Gasteiger partial charge >= 0.3 is 6.03 Å². The highest BCUT2D eigenvalue weighted by atomic mass is 35.5. The van der Waals surface area contributed by atoms with Crippen LogP contribution in [0.4, 0.5) is 4.79 Å². The van der Waals surface area contributed by atoms with E-state index in [1.807, 2.05) is 0 Å². The van der Waals surface area contributed by atoms with Crippen LogP contribution in [0.1, 0.15) is 18.0 Å². The van der Waals surface area contributed by atoms with Gasteiger partial charge in [0.1, 0.15) is 0 Å². The number of nitrogens with zero attached hydrogens (tertiary/aromatic N) is 2. The lowest BCUT2D eigenvalue weighted by molar-refractivity contribution is -0.127. The number of rotatable bonds is 9. The highest BCUT2D eigenvalue weighted by Crippen LogP contribution is 2.36. The molecular formula is C21H25ClN4O4. The largest absolute Gasteiger partial charge is 0.383 e. The summed E-state index contributed by atoms with van der Waals surface area (Å²) >= 11 is 5.98. The van der Waals surface area contributed by atoms with Crippen LogP contribution in [-0.2, 0) is 14.3 Å². The minimum atomic E-state index is -0.570. The van der Waals surface area contributed by atoms with Crippen molar-refractivity contribution in [1.29, 1.82) is 0 Å². The number of ether oxygens (including phenoxy) is 1. The first kappa shape index (κ1) is 21.9. The molecular weight excluding hydrogens is 408 g/mol. The summed E-state index contributed by atoms with van der Waals surface area (Å²) in [5.41, 5.74) is 1.92. The van der Waals surface area contributed by atoms with Gasteiger partial charge in [-0.15, -0.1) is 6.58 Å². The Balaban J connectivity index is 1.79. The third-order valence-electron chi connectivity index (χ3n) is 5.05. The molecule has 3 rings (SSSR count). The van der Waals surface area contributed by atoms with Crippen molar-refractivity contribution < 1.29 is 19.1 Å². The van der Waals surface area contributed by atoms with Gasteiger partial charge in [0.25, 0.3) is 5.91 Å². The van der Waals surface area contributed by atoms with E-state index >= 15 is 0 Å². The van der Waals surface area contributed by atoms with Gasteiger partial charge in [0, 0.05) is 38.2 Å². The Morgan fingerprint density at radius 2 is 2.10 bits per heavy atom. The average Bonchev–Trinajstić information content (AvgIpc) is 3.05. The Hall–Kier alpha value is -2.84. The average molecular weight is 433 g/mol. The Labute approximate surface area is 180 Å². The van der Waals surface area contributed by atoms with E-state index in [1.54, 1.807) is 42.4 Å². The zero-order chi connectivity index (χ0) is 21.7. The molecule has 0 saturated heterocycles. The van der Waals surface area contributed by atoms with Gasteiger partial charge in [-0.2, -0.15) is 0 Å². The molecule has 1 aromatic rings. The zero-order valence-electron chi connectivity index (χ0n) is 16.8. The van der Waals surface area contributed by atoms with Gasteiger partial charge in [0.2, 0.25) is 5.91 Å². The van der Waals surface area contributed by atoms with E-state index in [9.17, 15) is 14.4 Å². The van der Waals surface area contributed by atoms with E-state index in [0.29, 0.717) is 29.4 Å². The predicted octanol–water partition coefficient (Wildman–Crippen LogP) is 1.84. The summed E-state index contributed by atoms with van der Waals surface area (Å²) in [6.07, 6.45) is 1.79. The fourth-order valence-electron chi connectivity index (χ4n) is 3.57. The minimum Gasteiger partial charge on any atom is -0.383 e. The Morgan fingerprint density at radius 1 is 1.37 bits per heavy atom. The maximum Gasteiger partial charge on any atom is 0.322 e. The summed E-state index contributed by atoms with van der Waals surface area (Å²) in [6, 6.07) is 6.17. The topological polar surface area (TPSA) is 91.0 Å². The van der Waals surface area contributed by atoms with E-state index in [0.717, 1.165) is 5.56 Å². The quantitative estimate of drug-likeness (QED) is 0.460. The van der Waals surface area contributed by atoms with Crippen LogP contribution in [0, 0.1) is 0 Å². The molecule has 8 nitrogen and oxygen atoms in total. The highest BCUT2D eigenvalue weighted by molar-refractivity contribution is 6.30. The molecule has 160 valence electrons. The van der Waals surface area contributed by atoms with Crippen molar-refractivity contribution in [2.24, 2.45) is 0 Å². The first-order chi connectivity index (χ1) is 14.5. The third-order valence-corrected chi connectivity index (χ3v) is 5.30. The van der Waals surface area contributed by atoms with E-state index in [2.05, 4.69) is 17.2 Å². The fraction of sp³-hybridized carbons (Fsp3) is 0.381. The van der Waals surface area contributed by atoms with Crippen LogP contribution in [0.3, 0.4) is 0 Å². The molecule has 2 heterocycles. The maximum atomic E-state index is 13.2. The van der Waals surface area contributed by atoms with Crippen molar-refractivity contribution in [3.63, 3.8) is 0 Å². The Kier molecular flexibility index (Phi) is 7.12. The van der Waals surface area contributed by atoms with Gasteiger partial charge in [0.05, 0.1) is 30.5 Å². The summed E-state index contributed by atoms with van der Waals surface area (Å²) in [5.74, 6) is -0.347. The van der Waals surface area contributed by atoms with Crippen LogP contribution in [0.25, 0.3) is 0 Å². The molecule has 4 amide bonds. The number of hydrogen-bond donors (Lipinski definition) is 2. The number of methoxy groups -OCH3 is 1. The molecule has 0 bridgehead atoms. The Bertz CT molecular complexity index is 868. The summed E-state index contributed by atoms with van der Waals surface area (Å²) < 4.78 is 4.91. The first-order valence-electron chi connectivity index (χ1n) is 9.68. The summed E-state index contributed by atoms with van der Waals surface area (Å²) in [4.78, 5) is 41.0. The molecule has 2 aliphatic heterocycles. The molecule has 0 radical (unpaired) electrons. The van der Waals surface area contributed by atoms with Gasteiger partial charge in [0.15, 0.2) is 0 Å². The van der Waals surface area contributed by atoms with Crippen LogP contribution in [0.15, 0.2) is 48.2 Å². The van der Waals surface area contributed by atoms with Crippen LogP contribution in [-0.4, -0.2) is 67.5 Å². The highest BCUT2D eigenvalue weighted by Gasteiger charge is 2.43. The van der Waals surface area contributed by atoms with Crippen molar-refractivity contribution >= 4 is 29.4 Å². The van der Waals surface area contributed by atoms with Crippen molar-refractivity contribution in [2.45, 2.75) is 12.5 Å². The number of hydrogen-bond acceptors (Lipinski definition) is 4. The van der Waals surface area contributed by atoms with Crippen molar-refractivity contribution in [2.75, 3.05) is 39.9 Å². The van der Waals surface area contributed by atoms with Gasteiger partial charge < -0.3 is 20.3 Å². The summed E-state index contributed by atoms with van der Waals surface area (Å²) in [5, 5.41) is 6.22. The van der Waals surface area contributed by atoms with Crippen molar-refractivity contribution in [3.8, 4) is 0 Å². The second kappa shape index (κ2) is 9.77. The number of urea groups is 1. The molecule has 0 spiro atoms. The van der Waals surface area contributed by atoms with Crippen LogP contribution in [0.2, 0.25) is 5.02 Å². The molecule has 2 aliphatic rings. The molecule has 2 N–H and O–H groups in total. The smallest absolute Gasteiger partial charge is 0.322 e. The number of carbonyl (C=O) groups is 3. The molecule has 1 aromatic carbocycles. The molecule has 0 saturated carbocycles. The number of nitrogens with one attached hydrogen (secondary N) is 2. The molecule has 30 heavy (non-hydrogen) atoms. The van der Waals surface area contributed by atoms with E-state index in [4.69, 9.17) is 16.3 Å². The zero-order valence-corrected chi connectivity index (χ0v) is 17.6. The van der Waals surface area contributed by atoms with Gasteiger partial charge in [-0.1, -0.05) is 29.8 Å². The van der Waals surface area contributed by atoms with E-state index in [1.165, 1.54) is 4.90 Å². The van der Waals surface area contributed by atoms with Crippen LogP contribution < -0.4 is 10.6 Å². The monoisotopic (exact) mass is 432 g/mol. The summed E-state index contributed by atoms with van der Waals surface area (Å²) in [7, 11) is 1.56. The SMILES string of the molecule is C=CCN1C(=O)NC(c2ccc(Cl)cc2)C2=C1CN(CCC(=O)NCCOC)C2=O. The lowest BCUT2D eigenvalue weighted by Crippen LogP contribution is -2.47. The standard InChI is InChI=1S/C21H25ClN4O4/c1-3-10-26-16-13-25(11-8-17(27)23-9-12-30-2)20(28)18(16)19(24-21(26)29)14-4-6-15(22)7-5-14/h3-7,19H,1,8-13H2,2H3,(H,23,27)(H,24,29). The van der Waals surface area contributed by atoms with Gasteiger partial charge in [-0.05, 0) is 17.7 Å². The van der Waals surface area contributed by atoms with E-state index in [-0.39, 0.29) is 43.9 Å². The molecule has 9 heteroatoms. The maximum absolute atomic E-state index is 13.2. The molecule has 1 unspecified atom stereocenters. The number of amides is 4. The lowest BCUT2D eigenvalue weighted by atomic mass is 9.95. The number of halogens is 1. The number of carbonyl (C=O) groups excluding carboxylic acids is 3. The van der Waals surface area contributed by atoms with Gasteiger partial charge in [-0.3, -0.25) is 14.5 Å². The third kappa shape index (κ3) is 4.66. The van der Waals surface area contributed by atoms with E-state index < -0.39 is 6.04 Å². The summed E-state index contributed by atoms with van der Waals surface area (Å²) in [6.45, 7) is 5.36. The minimum absolute atomic E-state index is 0.156. The normalized spacial score (nSPS) is 18.4. The first-order valence-corrected chi connectivity index (χ1v) is 10.1.